The van der Waals surface area contributed by atoms with Gasteiger partial charge in [0.1, 0.15) is 0 Å². The second kappa shape index (κ2) is 5.62. The van der Waals surface area contributed by atoms with E-state index >= 15 is 0 Å². The van der Waals surface area contributed by atoms with Crippen molar-refractivity contribution >= 4 is 28.9 Å². The molecule has 2 rings (SSSR count). The van der Waals surface area contributed by atoms with Gasteiger partial charge in [0.2, 0.25) is 0 Å². The van der Waals surface area contributed by atoms with Crippen molar-refractivity contribution in [2.24, 2.45) is 5.92 Å². The first-order chi connectivity index (χ1) is 8.20. The van der Waals surface area contributed by atoms with Gasteiger partial charge in [-0.05, 0) is 37.0 Å². The van der Waals surface area contributed by atoms with E-state index in [1.54, 1.807) is 6.07 Å². The molecule has 0 aliphatic carbocycles. The Balaban J connectivity index is 2.03. The lowest BCUT2D eigenvalue weighted by molar-refractivity contribution is 0.413. The van der Waals surface area contributed by atoms with E-state index in [1.165, 1.54) is 0 Å². The van der Waals surface area contributed by atoms with Crippen molar-refractivity contribution in [3.05, 3.63) is 28.2 Å². The van der Waals surface area contributed by atoms with Gasteiger partial charge in [0, 0.05) is 24.5 Å². The smallest absolute Gasteiger partial charge is 0.0654 e. The molecule has 0 aromatic heterocycles. The molecule has 0 saturated carbocycles. The largest absolute Gasteiger partial charge is 0.370 e. The third kappa shape index (κ3) is 3.06. The standard InChI is InChI=1S/C13H14Cl2N2/c14-11-1-2-13(12(15)9-11)17-7-4-10(3-6-16)5-8-17/h1-2,9-10H,3-5,7-8H2. The van der Waals surface area contributed by atoms with E-state index in [4.69, 9.17) is 28.5 Å². The lowest BCUT2D eigenvalue weighted by Crippen LogP contribution is -2.33. The summed E-state index contributed by atoms with van der Waals surface area (Å²) in [6.07, 6.45) is 2.79. The molecule has 17 heavy (non-hydrogen) atoms. The second-order valence-corrected chi connectivity index (χ2v) is 5.23. The molecule has 1 fully saturated rings. The quantitative estimate of drug-likeness (QED) is 0.807. The van der Waals surface area contributed by atoms with Crippen LogP contribution in [0.25, 0.3) is 0 Å². The minimum absolute atomic E-state index is 0.544. The van der Waals surface area contributed by atoms with Crippen LogP contribution >= 0.6 is 23.2 Å². The average molecular weight is 269 g/mol. The summed E-state index contributed by atoms with van der Waals surface area (Å²) in [5.41, 5.74) is 1.05. The molecule has 0 N–H and O–H groups in total. The number of nitrogens with zero attached hydrogens (tertiary/aromatic N) is 2. The highest BCUT2D eigenvalue weighted by molar-refractivity contribution is 6.36. The fraction of sp³-hybridized carbons (Fsp3) is 0.462. The van der Waals surface area contributed by atoms with Crippen LogP contribution in [0.1, 0.15) is 19.3 Å². The number of anilines is 1. The molecule has 1 aromatic rings. The number of hydrogen-bond donors (Lipinski definition) is 0. The van der Waals surface area contributed by atoms with Crippen molar-refractivity contribution in [3.63, 3.8) is 0 Å². The lowest BCUT2D eigenvalue weighted by Gasteiger charge is -2.33. The summed E-state index contributed by atoms with van der Waals surface area (Å²) in [6.45, 7) is 1.93. The molecule has 0 bridgehead atoms. The number of nitriles is 1. The van der Waals surface area contributed by atoms with Gasteiger partial charge in [0.15, 0.2) is 0 Å². The average Bonchev–Trinajstić information content (AvgIpc) is 2.31. The number of piperidine rings is 1. The molecule has 0 atom stereocenters. The number of halogens is 2. The highest BCUT2D eigenvalue weighted by atomic mass is 35.5. The molecule has 0 spiro atoms. The number of benzene rings is 1. The van der Waals surface area contributed by atoms with Crippen LogP contribution in [0.2, 0.25) is 10.0 Å². The minimum Gasteiger partial charge on any atom is -0.370 e. The van der Waals surface area contributed by atoms with Crippen molar-refractivity contribution in [1.29, 1.82) is 5.26 Å². The third-order valence-electron chi connectivity index (χ3n) is 3.24. The predicted molar refractivity (Wildman–Crippen MR) is 71.6 cm³/mol. The Hall–Kier alpha value is -0.910. The van der Waals surface area contributed by atoms with Gasteiger partial charge in [-0.2, -0.15) is 5.26 Å². The van der Waals surface area contributed by atoms with Gasteiger partial charge in [-0.3, -0.25) is 0 Å². The fourth-order valence-electron chi connectivity index (χ4n) is 2.24. The van der Waals surface area contributed by atoms with Crippen LogP contribution in [0.4, 0.5) is 5.69 Å². The van der Waals surface area contributed by atoms with Gasteiger partial charge in [-0.15, -0.1) is 0 Å². The summed E-state index contributed by atoms with van der Waals surface area (Å²) in [6, 6.07) is 7.86. The normalized spacial score (nSPS) is 16.9. The van der Waals surface area contributed by atoms with Crippen LogP contribution in [-0.4, -0.2) is 13.1 Å². The maximum absolute atomic E-state index is 8.68. The Labute approximate surface area is 112 Å². The molecule has 4 heteroatoms. The van der Waals surface area contributed by atoms with Crippen LogP contribution in [0, 0.1) is 17.2 Å². The maximum atomic E-state index is 8.68. The van der Waals surface area contributed by atoms with E-state index in [0.29, 0.717) is 22.4 Å². The van der Waals surface area contributed by atoms with Gasteiger partial charge in [-0.1, -0.05) is 23.2 Å². The first-order valence-corrected chi connectivity index (χ1v) is 6.53. The number of hydrogen-bond acceptors (Lipinski definition) is 2. The molecule has 0 radical (unpaired) electrons. The zero-order valence-electron chi connectivity index (χ0n) is 9.50. The lowest BCUT2D eigenvalue weighted by atomic mass is 9.94. The first-order valence-electron chi connectivity index (χ1n) is 5.77. The van der Waals surface area contributed by atoms with Gasteiger partial charge in [-0.25, -0.2) is 0 Å². The SMILES string of the molecule is N#CCC1CCN(c2ccc(Cl)cc2Cl)CC1. The van der Waals surface area contributed by atoms with E-state index in [1.807, 2.05) is 12.1 Å². The Kier molecular flexibility index (Phi) is 4.15. The van der Waals surface area contributed by atoms with Crippen molar-refractivity contribution in [1.82, 2.24) is 0 Å². The Morgan fingerprint density at radius 2 is 2.00 bits per heavy atom. The van der Waals surface area contributed by atoms with E-state index in [9.17, 15) is 0 Å². The van der Waals surface area contributed by atoms with E-state index in [2.05, 4.69) is 11.0 Å². The highest BCUT2D eigenvalue weighted by Crippen LogP contribution is 2.32. The molecule has 1 aromatic carbocycles. The van der Waals surface area contributed by atoms with Crippen LogP contribution in [0.15, 0.2) is 18.2 Å². The van der Waals surface area contributed by atoms with Gasteiger partial charge < -0.3 is 4.90 Å². The molecular formula is C13H14Cl2N2. The van der Waals surface area contributed by atoms with Crippen molar-refractivity contribution in [2.45, 2.75) is 19.3 Å². The summed E-state index contributed by atoms with van der Waals surface area (Å²) in [5, 5.41) is 10.0. The van der Waals surface area contributed by atoms with Gasteiger partial charge in [0.25, 0.3) is 0 Å². The summed E-state index contributed by atoms with van der Waals surface area (Å²) < 4.78 is 0. The zero-order chi connectivity index (χ0) is 12.3. The van der Waals surface area contributed by atoms with Crippen LogP contribution in [-0.2, 0) is 0 Å². The third-order valence-corrected chi connectivity index (χ3v) is 3.78. The van der Waals surface area contributed by atoms with Crippen LogP contribution < -0.4 is 4.90 Å². The fourth-order valence-corrected chi connectivity index (χ4v) is 2.77. The molecule has 1 aliphatic heterocycles. The van der Waals surface area contributed by atoms with Gasteiger partial charge in [0.05, 0.1) is 16.8 Å². The van der Waals surface area contributed by atoms with E-state index < -0.39 is 0 Å². The van der Waals surface area contributed by atoms with Crippen molar-refractivity contribution < 1.29 is 0 Å². The molecular weight excluding hydrogens is 255 g/mol. The molecule has 90 valence electrons. The Morgan fingerprint density at radius 1 is 1.29 bits per heavy atom. The maximum Gasteiger partial charge on any atom is 0.0654 e. The molecule has 0 amide bonds. The zero-order valence-corrected chi connectivity index (χ0v) is 11.0. The summed E-state index contributed by atoms with van der Waals surface area (Å²) in [7, 11) is 0. The van der Waals surface area contributed by atoms with Gasteiger partial charge >= 0.3 is 0 Å². The Morgan fingerprint density at radius 3 is 2.59 bits per heavy atom. The summed E-state index contributed by atoms with van der Waals surface area (Å²) in [4.78, 5) is 2.27. The topological polar surface area (TPSA) is 27.0 Å². The molecule has 1 saturated heterocycles. The van der Waals surface area contributed by atoms with E-state index in [-0.39, 0.29) is 0 Å². The number of rotatable bonds is 2. The Bertz CT molecular complexity index is 432. The monoisotopic (exact) mass is 268 g/mol. The molecule has 0 unspecified atom stereocenters. The van der Waals surface area contributed by atoms with Crippen LogP contribution in [0.3, 0.4) is 0 Å². The predicted octanol–water partition coefficient (Wildman–Crippen LogP) is 4.12. The first kappa shape index (κ1) is 12.5. The molecule has 1 aliphatic rings. The van der Waals surface area contributed by atoms with E-state index in [0.717, 1.165) is 31.6 Å². The summed E-state index contributed by atoms with van der Waals surface area (Å²) in [5.74, 6) is 0.544. The van der Waals surface area contributed by atoms with Crippen molar-refractivity contribution in [2.75, 3.05) is 18.0 Å². The highest BCUT2D eigenvalue weighted by Gasteiger charge is 2.20. The van der Waals surface area contributed by atoms with Crippen molar-refractivity contribution in [3.8, 4) is 6.07 Å². The second-order valence-electron chi connectivity index (χ2n) is 4.39. The summed E-state index contributed by atoms with van der Waals surface area (Å²) >= 11 is 12.1. The molecule has 2 nitrogen and oxygen atoms in total. The molecule has 1 heterocycles. The van der Waals surface area contributed by atoms with Crippen LogP contribution in [0.5, 0.6) is 0 Å². The minimum atomic E-state index is 0.544.